The molecule has 0 amide bonds. The van der Waals surface area contributed by atoms with Crippen molar-refractivity contribution in [3.8, 4) is 0 Å². The molecular formula is C18H26N2Sn. The van der Waals surface area contributed by atoms with Gasteiger partial charge in [0, 0.05) is 0 Å². The van der Waals surface area contributed by atoms with Crippen LogP contribution in [0.2, 0.25) is 8.87 Å². The topological polar surface area (TPSA) is 25.8 Å². The Morgan fingerprint density at radius 3 is 1.57 bits per heavy atom. The van der Waals surface area contributed by atoms with Crippen LogP contribution >= 0.6 is 0 Å². The van der Waals surface area contributed by atoms with Gasteiger partial charge < -0.3 is 0 Å². The summed E-state index contributed by atoms with van der Waals surface area (Å²) in [6, 6.07) is 12.9. The van der Waals surface area contributed by atoms with E-state index in [1.807, 2.05) is 24.5 Å². The summed E-state index contributed by atoms with van der Waals surface area (Å²) in [4.78, 5) is 9.57. The number of hydrogen-bond acceptors (Lipinski definition) is 2. The maximum atomic E-state index is 4.79. The van der Waals surface area contributed by atoms with Crippen LogP contribution in [-0.2, 0) is 0 Å². The van der Waals surface area contributed by atoms with E-state index in [0.29, 0.717) is 0 Å². The summed E-state index contributed by atoms with van der Waals surface area (Å²) in [6.45, 7) is 4.57. The average molecular weight is 389 g/mol. The molecule has 0 bridgehead atoms. The molecule has 2 rings (SSSR count). The molecule has 0 N–H and O–H groups in total. The summed E-state index contributed by atoms with van der Waals surface area (Å²) in [6.07, 6.45) is 9.03. The van der Waals surface area contributed by atoms with Crippen molar-refractivity contribution in [3.05, 3.63) is 48.8 Å². The number of pyridine rings is 2. The summed E-state index contributed by atoms with van der Waals surface area (Å²) < 4.78 is 5.43. The van der Waals surface area contributed by atoms with Crippen molar-refractivity contribution in [2.24, 2.45) is 0 Å². The van der Waals surface area contributed by atoms with Crippen LogP contribution < -0.4 is 7.42 Å². The normalized spacial score (nSPS) is 11.5. The zero-order chi connectivity index (χ0) is 15.0. The van der Waals surface area contributed by atoms with Crippen LogP contribution in [0.1, 0.15) is 39.5 Å². The van der Waals surface area contributed by atoms with E-state index < -0.39 is 18.4 Å². The summed E-state index contributed by atoms with van der Waals surface area (Å²) >= 11 is -2.72. The van der Waals surface area contributed by atoms with E-state index in [0.717, 1.165) is 0 Å². The SMILES string of the molecule is CCC[CH2][Sn]([CH2]CCC)([c]1ccccn1)[c]1ccccn1. The Balaban J connectivity index is 2.48. The predicted octanol–water partition coefficient (Wildman–Crippen LogP) is 3.64. The first-order chi connectivity index (χ1) is 10.3. The molecule has 0 atom stereocenters. The van der Waals surface area contributed by atoms with Crippen LogP contribution in [0.4, 0.5) is 0 Å². The molecule has 0 aliphatic carbocycles. The molecule has 21 heavy (non-hydrogen) atoms. The van der Waals surface area contributed by atoms with Gasteiger partial charge in [0.05, 0.1) is 0 Å². The van der Waals surface area contributed by atoms with Crippen molar-refractivity contribution in [1.82, 2.24) is 9.97 Å². The van der Waals surface area contributed by atoms with Gasteiger partial charge in [0.25, 0.3) is 0 Å². The number of unbranched alkanes of at least 4 members (excludes halogenated alkanes) is 2. The third-order valence-corrected chi connectivity index (χ3v) is 18.4. The predicted molar refractivity (Wildman–Crippen MR) is 92.9 cm³/mol. The molecule has 0 fully saturated rings. The summed E-state index contributed by atoms with van der Waals surface area (Å²) in [7, 11) is 0. The Kier molecular flexibility index (Phi) is 6.68. The fourth-order valence-electron chi connectivity index (χ4n) is 3.02. The van der Waals surface area contributed by atoms with Gasteiger partial charge in [0.1, 0.15) is 0 Å². The number of aromatic nitrogens is 2. The molecule has 2 nitrogen and oxygen atoms in total. The Labute approximate surface area is 132 Å². The standard InChI is InChI=1S/2C5H4N.2C4H9.Sn/c2*1-2-4-6-5-3-1;2*1-3-4-2;/h2*1-4H;2*1,3-4H2,2H3;. The number of nitrogens with zero attached hydrogens (tertiary/aromatic N) is 2. The van der Waals surface area contributed by atoms with E-state index in [-0.39, 0.29) is 0 Å². The zero-order valence-corrected chi connectivity index (χ0v) is 16.1. The van der Waals surface area contributed by atoms with Gasteiger partial charge in [0.2, 0.25) is 0 Å². The van der Waals surface area contributed by atoms with Gasteiger partial charge in [-0.3, -0.25) is 0 Å². The van der Waals surface area contributed by atoms with Crippen molar-refractivity contribution in [1.29, 1.82) is 0 Å². The molecule has 0 aliphatic rings. The maximum absolute atomic E-state index is 4.79. The van der Waals surface area contributed by atoms with Crippen molar-refractivity contribution >= 4 is 25.8 Å². The van der Waals surface area contributed by atoms with Crippen LogP contribution in [0.5, 0.6) is 0 Å². The van der Waals surface area contributed by atoms with Crippen LogP contribution in [-0.4, -0.2) is 28.3 Å². The first kappa shape index (κ1) is 16.5. The molecule has 0 saturated heterocycles. The zero-order valence-electron chi connectivity index (χ0n) is 13.3. The second-order valence-corrected chi connectivity index (χ2v) is 17.7. The molecular weight excluding hydrogens is 363 g/mol. The third-order valence-electron chi connectivity index (χ3n) is 4.22. The van der Waals surface area contributed by atoms with Gasteiger partial charge in [0.15, 0.2) is 0 Å². The van der Waals surface area contributed by atoms with Crippen molar-refractivity contribution < 1.29 is 0 Å². The van der Waals surface area contributed by atoms with Crippen LogP contribution in [0, 0.1) is 0 Å². The van der Waals surface area contributed by atoms with E-state index in [1.165, 1.54) is 42.0 Å². The Hall–Kier alpha value is -0.901. The van der Waals surface area contributed by atoms with Crippen LogP contribution in [0.25, 0.3) is 0 Å². The quantitative estimate of drug-likeness (QED) is 0.645. The third kappa shape index (κ3) is 4.06. The fraction of sp³-hybridized carbons (Fsp3) is 0.444. The Morgan fingerprint density at radius 2 is 1.24 bits per heavy atom. The van der Waals surface area contributed by atoms with E-state index in [2.05, 4.69) is 38.1 Å². The van der Waals surface area contributed by atoms with Crippen LogP contribution in [0.15, 0.2) is 48.8 Å². The summed E-state index contributed by atoms with van der Waals surface area (Å²) in [5, 5.41) is 0. The minimum absolute atomic E-state index is 1.25. The minimum atomic E-state index is -2.72. The fourth-order valence-corrected chi connectivity index (χ4v) is 17.1. The Bertz CT molecular complexity index is 464. The van der Waals surface area contributed by atoms with Crippen LogP contribution in [0.3, 0.4) is 0 Å². The number of hydrogen-bond donors (Lipinski definition) is 0. The van der Waals surface area contributed by atoms with E-state index >= 15 is 0 Å². The first-order valence-electron chi connectivity index (χ1n) is 8.16. The van der Waals surface area contributed by atoms with Crippen molar-refractivity contribution in [2.75, 3.05) is 0 Å². The van der Waals surface area contributed by atoms with Gasteiger partial charge in [-0.05, 0) is 0 Å². The molecule has 112 valence electrons. The molecule has 3 heteroatoms. The average Bonchev–Trinajstić information content (AvgIpc) is 2.57. The summed E-state index contributed by atoms with van der Waals surface area (Å²) in [5.74, 6) is 0. The second-order valence-electron chi connectivity index (χ2n) is 5.72. The molecule has 2 aromatic heterocycles. The van der Waals surface area contributed by atoms with Gasteiger partial charge in [-0.15, -0.1) is 0 Å². The molecule has 2 heterocycles. The number of rotatable bonds is 8. The molecule has 0 unspecified atom stereocenters. The molecule has 0 radical (unpaired) electrons. The molecule has 2 aromatic rings. The first-order valence-corrected chi connectivity index (χ1v) is 15.1. The molecule has 0 spiro atoms. The molecule has 0 aromatic carbocycles. The Morgan fingerprint density at radius 1 is 0.762 bits per heavy atom. The van der Waals surface area contributed by atoms with Gasteiger partial charge in [-0.25, -0.2) is 0 Å². The van der Waals surface area contributed by atoms with Gasteiger partial charge in [-0.2, -0.15) is 0 Å². The van der Waals surface area contributed by atoms with E-state index in [9.17, 15) is 0 Å². The summed E-state index contributed by atoms with van der Waals surface area (Å²) in [5.41, 5.74) is 0. The van der Waals surface area contributed by atoms with Gasteiger partial charge in [-0.1, -0.05) is 0 Å². The van der Waals surface area contributed by atoms with E-state index in [4.69, 9.17) is 9.97 Å². The van der Waals surface area contributed by atoms with Crippen molar-refractivity contribution in [3.63, 3.8) is 0 Å². The molecule has 0 saturated carbocycles. The van der Waals surface area contributed by atoms with E-state index in [1.54, 1.807) is 0 Å². The second kappa shape index (κ2) is 8.52. The van der Waals surface area contributed by atoms with Crippen molar-refractivity contribution in [2.45, 2.75) is 48.4 Å². The van der Waals surface area contributed by atoms with Gasteiger partial charge >= 0.3 is 133 Å². The monoisotopic (exact) mass is 390 g/mol. The molecule has 0 aliphatic heterocycles.